The molecule has 2 N–H and O–H groups in total. The highest BCUT2D eigenvalue weighted by atomic mass is 32.2. The molecule has 288 valence electrons. The first kappa shape index (κ1) is 39.7. The lowest BCUT2D eigenvalue weighted by molar-refractivity contribution is -0.0732. The van der Waals surface area contributed by atoms with Gasteiger partial charge in [-0.1, -0.05) is 42.8 Å². The Morgan fingerprint density at radius 1 is 1.00 bits per heavy atom. The topological polar surface area (TPSA) is 113 Å². The highest BCUT2D eigenvalue weighted by Crippen LogP contribution is 2.59. The van der Waals surface area contributed by atoms with Gasteiger partial charge < -0.3 is 19.7 Å². The minimum atomic E-state index is -4.12. The molecule has 4 aromatic rings. The van der Waals surface area contributed by atoms with Gasteiger partial charge in [-0.3, -0.25) is 4.79 Å². The number of carbonyl (C=O) groups is 1. The molecule has 1 aromatic heterocycles. The SMILES string of the molecule is COc1ccc(CN(CC2(O)CCC3c4ccc(cc4C(=O)c4ccc(F)c(F)c4)CC(O)CCC(C)=CCCC32C)S(=O)(=O)c2cccs2)c(OC)c1. The van der Waals surface area contributed by atoms with Gasteiger partial charge in [-0.2, -0.15) is 4.31 Å². The van der Waals surface area contributed by atoms with E-state index in [9.17, 15) is 32.2 Å². The first-order valence-electron chi connectivity index (χ1n) is 18.1. The number of ketones is 1. The van der Waals surface area contributed by atoms with Crippen molar-refractivity contribution >= 4 is 27.1 Å². The second kappa shape index (κ2) is 16.0. The molecule has 8 nitrogen and oxygen atoms in total. The largest absolute Gasteiger partial charge is 0.497 e. The van der Waals surface area contributed by atoms with Crippen molar-refractivity contribution in [2.45, 2.75) is 87.2 Å². The van der Waals surface area contributed by atoms with Gasteiger partial charge in [0, 0.05) is 41.3 Å². The minimum Gasteiger partial charge on any atom is -0.497 e. The summed E-state index contributed by atoms with van der Waals surface area (Å²) in [6.45, 7) is 3.65. The fourth-order valence-electron chi connectivity index (χ4n) is 8.22. The Kier molecular flexibility index (Phi) is 11.8. The number of carbonyl (C=O) groups excluding carboxylic acids is 1. The molecule has 1 saturated carbocycles. The van der Waals surface area contributed by atoms with E-state index in [1.807, 2.05) is 26.0 Å². The number of ether oxygens (including phenoxy) is 2. The van der Waals surface area contributed by atoms with Crippen LogP contribution in [0.3, 0.4) is 0 Å². The highest BCUT2D eigenvalue weighted by molar-refractivity contribution is 7.91. The van der Waals surface area contributed by atoms with Crippen LogP contribution in [0.2, 0.25) is 0 Å². The molecule has 0 saturated heterocycles. The molecule has 12 heteroatoms. The van der Waals surface area contributed by atoms with E-state index in [1.165, 1.54) is 24.6 Å². The Morgan fingerprint density at radius 2 is 1.80 bits per heavy atom. The van der Waals surface area contributed by atoms with Crippen LogP contribution in [0.15, 0.2) is 88.0 Å². The van der Waals surface area contributed by atoms with Gasteiger partial charge in [-0.15, -0.1) is 11.3 Å². The highest BCUT2D eigenvalue weighted by Gasteiger charge is 2.58. The maximum atomic E-state index is 14.5. The summed E-state index contributed by atoms with van der Waals surface area (Å²) in [6, 6.07) is 16.9. The van der Waals surface area contributed by atoms with E-state index in [1.54, 1.807) is 41.8 Å². The molecule has 3 aliphatic rings. The standard InChI is InChI=1S/C42H47F2NO7S2/c1-27-7-5-18-41(2)35(33-15-10-28(21-31(46)13-9-27)22-34(33)40(47)29-12-16-36(43)37(44)23-29)17-19-42(41,48)26-45(54(49,50)39-8-6-20-53-39)25-30-11-14-32(51-3)24-38(30)52-4/h6-8,10-12,14-16,20,22-24,31,35,46,48H,5,9,13,17-19,21,25-26H2,1-4H3. The van der Waals surface area contributed by atoms with Gasteiger partial charge in [0.15, 0.2) is 17.4 Å². The van der Waals surface area contributed by atoms with Crippen LogP contribution in [0, 0.1) is 17.0 Å². The van der Waals surface area contributed by atoms with Crippen molar-refractivity contribution in [2.75, 3.05) is 20.8 Å². The summed E-state index contributed by atoms with van der Waals surface area (Å²) in [5.74, 6) is -2.15. The summed E-state index contributed by atoms with van der Waals surface area (Å²) < 4.78 is 69.8. The van der Waals surface area contributed by atoms with Gasteiger partial charge in [0.25, 0.3) is 10.0 Å². The molecule has 54 heavy (non-hydrogen) atoms. The monoisotopic (exact) mass is 779 g/mol. The van der Waals surface area contributed by atoms with Gasteiger partial charge in [-0.05, 0) is 111 Å². The van der Waals surface area contributed by atoms with Crippen molar-refractivity contribution in [3.63, 3.8) is 0 Å². The molecule has 3 aromatic carbocycles. The summed E-state index contributed by atoms with van der Waals surface area (Å²) in [5.41, 5.74) is 0.747. The van der Waals surface area contributed by atoms with Crippen molar-refractivity contribution < 1.29 is 41.7 Å². The van der Waals surface area contributed by atoms with E-state index in [-0.39, 0.29) is 34.8 Å². The third-order valence-corrected chi connectivity index (χ3v) is 14.6. The molecule has 0 radical (unpaired) electrons. The molecule has 4 unspecified atom stereocenters. The van der Waals surface area contributed by atoms with Crippen LogP contribution in [0.4, 0.5) is 8.78 Å². The Bertz CT molecular complexity index is 2140. The van der Waals surface area contributed by atoms with E-state index < -0.39 is 50.5 Å². The molecule has 0 amide bonds. The number of hydrogen-bond acceptors (Lipinski definition) is 8. The van der Waals surface area contributed by atoms with Crippen LogP contribution in [0.5, 0.6) is 11.5 Å². The fourth-order valence-corrected chi connectivity index (χ4v) is 10.8. The molecule has 3 aliphatic carbocycles. The minimum absolute atomic E-state index is 0.0239. The van der Waals surface area contributed by atoms with E-state index in [4.69, 9.17) is 9.47 Å². The molecule has 4 atom stereocenters. The summed E-state index contributed by atoms with van der Waals surface area (Å²) in [7, 11) is -1.08. The van der Waals surface area contributed by atoms with Crippen LogP contribution in [-0.4, -0.2) is 61.2 Å². The normalized spacial score (nSPS) is 23.5. The number of sulfonamides is 1. The fraction of sp³-hybridized carbons (Fsp3) is 0.405. The lowest BCUT2D eigenvalue weighted by Crippen LogP contribution is -2.53. The van der Waals surface area contributed by atoms with Crippen molar-refractivity contribution in [2.24, 2.45) is 5.41 Å². The van der Waals surface area contributed by atoms with Gasteiger partial charge >= 0.3 is 0 Å². The number of rotatable bonds is 10. The molecule has 0 spiro atoms. The Hall–Kier alpha value is -3.94. The smallest absolute Gasteiger partial charge is 0.252 e. The van der Waals surface area contributed by atoms with Gasteiger partial charge in [0.2, 0.25) is 0 Å². The van der Waals surface area contributed by atoms with E-state index in [2.05, 4.69) is 6.08 Å². The van der Waals surface area contributed by atoms with Crippen LogP contribution >= 0.6 is 11.3 Å². The number of aliphatic hydroxyl groups is 2. The predicted octanol–water partition coefficient (Wildman–Crippen LogP) is 8.20. The van der Waals surface area contributed by atoms with Crippen molar-refractivity contribution in [3.8, 4) is 11.5 Å². The number of fused-ring (bicyclic) bond motifs is 8. The summed E-state index contributed by atoms with van der Waals surface area (Å²) in [6.07, 6.45) is 4.57. The van der Waals surface area contributed by atoms with Crippen LogP contribution in [-0.2, 0) is 23.0 Å². The Morgan fingerprint density at radius 3 is 2.50 bits per heavy atom. The maximum Gasteiger partial charge on any atom is 0.252 e. The van der Waals surface area contributed by atoms with Crippen LogP contribution in [0.25, 0.3) is 0 Å². The third-order valence-electron chi connectivity index (χ3n) is 11.5. The summed E-state index contributed by atoms with van der Waals surface area (Å²) in [4.78, 5) is 14.3. The number of nitrogens with zero attached hydrogens (tertiary/aromatic N) is 1. The zero-order valence-electron chi connectivity index (χ0n) is 31.0. The molecular formula is C42H47F2NO7S2. The number of thiophene rings is 1. The number of hydrogen-bond donors (Lipinski definition) is 2. The zero-order chi connectivity index (χ0) is 38.8. The van der Waals surface area contributed by atoms with E-state index in [0.717, 1.165) is 29.0 Å². The third kappa shape index (κ3) is 7.90. The summed E-state index contributed by atoms with van der Waals surface area (Å²) in [5, 5.41) is 25.7. The zero-order valence-corrected chi connectivity index (χ0v) is 32.6. The molecule has 0 aliphatic heterocycles. The van der Waals surface area contributed by atoms with Crippen LogP contribution in [0.1, 0.15) is 90.9 Å². The van der Waals surface area contributed by atoms with Gasteiger partial charge in [-0.25, -0.2) is 17.2 Å². The van der Waals surface area contributed by atoms with Gasteiger partial charge in [0.05, 0.1) is 25.9 Å². The molecule has 1 fully saturated rings. The Balaban J connectivity index is 1.47. The second-order valence-corrected chi connectivity index (χ2v) is 17.9. The molecular weight excluding hydrogens is 733 g/mol. The first-order chi connectivity index (χ1) is 25.7. The first-order valence-corrected chi connectivity index (χ1v) is 20.4. The van der Waals surface area contributed by atoms with E-state index >= 15 is 0 Å². The maximum absolute atomic E-state index is 14.5. The average Bonchev–Trinajstić information content (AvgIpc) is 3.79. The molecule has 1 heterocycles. The Labute approximate surface area is 320 Å². The predicted molar refractivity (Wildman–Crippen MR) is 205 cm³/mol. The van der Waals surface area contributed by atoms with E-state index in [0.29, 0.717) is 66.7 Å². The van der Waals surface area contributed by atoms with Crippen molar-refractivity contribution in [3.05, 3.63) is 123 Å². The lowest BCUT2D eigenvalue weighted by atomic mass is 9.64. The number of allylic oxidation sites excluding steroid dienone is 2. The van der Waals surface area contributed by atoms with Gasteiger partial charge in [0.1, 0.15) is 15.7 Å². The average molecular weight is 780 g/mol. The number of benzene rings is 3. The number of halogens is 2. The number of aliphatic hydroxyl groups excluding tert-OH is 1. The van der Waals surface area contributed by atoms with Crippen molar-refractivity contribution in [1.82, 2.24) is 4.31 Å². The van der Waals surface area contributed by atoms with Crippen molar-refractivity contribution in [1.29, 1.82) is 0 Å². The number of methoxy groups -OCH3 is 2. The summed E-state index contributed by atoms with van der Waals surface area (Å²) >= 11 is 1.10. The quantitative estimate of drug-likeness (QED) is 0.123. The van der Waals surface area contributed by atoms with Crippen LogP contribution < -0.4 is 9.47 Å². The second-order valence-electron chi connectivity index (χ2n) is 14.8. The lowest BCUT2D eigenvalue weighted by Gasteiger charge is -2.46. The molecule has 2 bridgehead atoms. The molecule has 7 rings (SSSR count).